The van der Waals surface area contributed by atoms with E-state index in [0.717, 1.165) is 38.5 Å². The SMILES string of the molecule is CCCC[C@H](O)CCCCC(=O)OC. The highest BCUT2D eigenvalue weighted by molar-refractivity contribution is 5.68. The van der Waals surface area contributed by atoms with Gasteiger partial charge < -0.3 is 9.84 Å². The minimum atomic E-state index is -0.187. The van der Waals surface area contributed by atoms with Crippen LogP contribution in [0.5, 0.6) is 0 Å². The molecule has 0 saturated heterocycles. The van der Waals surface area contributed by atoms with Crippen molar-refractivity contribution in [2.24, 2.45) is 0 Å². The van der Waals surface area contributed by atoms with Crippen LogP contribution in [0.3, 0.4) is 0 Å². The van der Waals surface area contributed by atoms with Gasteiger partial charge in [0.25, 0.3) is 0 Å². The van der Waals surface area contributed by atoms with Crippen molar-refractivity contribution in [3.8, 4) is 0 Å². The summed E-state index contributed by atoms with van der Waals surface area (Å²) in [6, 6.07) is 0. The van der Waals surface area contributed by atoms with Crippen LogP contribution in [0.25, 0.3) is 0 Å². The molecule has 0 amide bonds. The molecule has 0 aromatic rings. The fourth-order valence-electron chi connectivity index (χ4n) is 1.34. The van der Waals surface area contributed by atoms with Gasteiger partial charge >= 0.3 is 5.97 Å². The summed E-state index contributed by atoms with van der Waals surface area (Å²) in [6.45, 7) is 2.12. The summed E-state index contributed by atoms with van der Waals surface area (Å²) in [6.07, 6.45) is 5.89. The van der Waals surface area contributed by atoms with Crippen LogP contribution in [0, 0.1) is 0 Å². The van der Waals surface area contributed by atoms with E-state index < -0.39 is 0 Å². The number of methoxy groups -OCH3 is 1. The molecule has 0 aromatic carbocycles. The zero-order valence-corrected chi connectivity index (χ0v) is 9.29. The molecule has 0 rings (SSSR count). The van der Waals surface area contributed by atoms with Crippen molar-refractivity contribution >= 4 is 5.97 Å². The first-order valence-corrected chi connectivity index (χ1v) is 5.45. The minimum Gasteiger partial charge on any atom is -0.469 e. The Morgan fingerprint density at radius 1 is 1.29 bits per heavy atom. The second kappa shape index (κ2) is 9.00. The van der Waals surface area contributed by atoms with Gasteiger partial charge in [0.05, 0.1) is 13.2 Å². The molecule has 0 spiro atoms. The Kier molecular flexibility index (Phi) is 8.64. The number of rotatable bonds is 8. The van der Waals surface area contributed by atoms with E-state index in [4.69, 9.17) is 0 Å². The molecule has 14 heavy (non-hydrogen) atoms. The van der Waals surface area contributed by atoms with Gasteiger partial charge in [-0.1, -0.05) is 26.2 Å². The van der Waals surface area contributed by atoms with Crippen molar-refractivity contribution in [2.75, 3.05) is 7.11 Å². The molecule has 1 atom stereocenters. The van der Waals surface area contributed by atoms with Gasteiger partial charge in [-0.05, 0) is 19.3 Å². The fraction of sp³-hybridized carbons (Fsp3) is 0.909. The maximum Gasteiger partial charge on any atom is 0.305 e. The van der Waals surface area contributed by atoms with Crippen molar-refractivity contribution in [2.45, 2.75) is 58.0 Å². The molecule has 0 aromatic heterocycles. The summed E-state index contributed by atoms with van der Waals surface area (Å²) in [5.74, 6) is -0.159. The van der Waals surface area contributed by atoms with Crippen LogP contribution in [0.1, 0.15) is 51.9 Å². The topological polar surface area (TPSA) is 46.5 Å². The van der Waals surface area contributed by atoms with Gasteiger partial charge in [-0.3, -0.25) is 4.79 Å². The van der Waals surface area contributed by atoms with Gasteiger partial charge in [-0.2, -0.15) is 0 Å². The van der Waals surface area contributed by atoms with E-state index in [-0.39, 0.29) is 12.1 Å². The van der Waals surface area contributed by atoms with Crippen molar-refractivity contribution < 1.29 is 14.6 Å². The lowest BCUT2D eigenvalue weighted by Gasteiger charge is -2.08. The Morgan fingerprint density at radius 3 is 2.50 bits per heavy atom. The van der Waals surface area contributed by atoms with Crippen LogP contribution >= 0.6 is 0 Å². The first-order chi connectivity index (χ1) is 6.70. The molecule has 0 aliphatic rings. The van der Waals surface area contributed by atoms with Crippen molar-refractivity contribution in [3.05, 3.63) is 0 Å². The van der Waals surface area contributed by atoms with E-state index in [0.29, 0.717) is 6.42 Å². The van der Waals surface area contributed by atoms with E-state index in [1.807, 2.05) is 0 Å². The molecule has 0 aliphatic heterocycles. The van der Waals surface area contributed by atoms with Gasteiger partial charge in [-0.15, -0.1) is 0 Å². The molecule has 84 valence electrons. The maximum atomic E-state index is 10.7. The summed E-state index contributed by atoms with van der Waals surface area (Å²) in [4.78, 5) is 10.7. The monoisotopic (exact) mass is 202 g/mol. The number of carbonyl (C=O) groups is 1. The number of ether oxygens (including phenoxy) is 1. The zero-order valence-electron chi connectivity index (χ0n) is 9.29. The van der Waals surface area contributed by atoms with Gasteiger partial charge in [0.2, 0.25) is 0 Å². The molecule has 0 aliphatic carbocycles. The lowest BCUT2D eigenvalue weighted by atomic mass is 10.1. The predicted molar refractivity (Wildman–Crippen MR) is 56.0 cm³/mol. The molecule has 3 heteroatoms. The number of unbranched alkanes of at least 4 members (excludes halogenated alkanes) is 2. The van der Waals surface area contributed by atoms with Crippen LogP contribution in [0.2, 0.25) is 0 Å². The van der Waals surface area contributed by atoms with Gasteiger partial charge in [0.15, 0.2) is 0 Å². The lowest BCUT2D eigenvalue weighted by molar-refractivity contribution is -0.140. The average molecular weight is 202 g/mol. The van der Waals surface area contributed by atoms with E-state index in [1.54, 1.807) is 0 Å². The summed E-state index contributed by atoms with van der Waals surface area (Å²) in [7, 11) is 1.40. The number of hydrogen-bond acceptors (Lipinski definition) is 3. The quantitative estimate of drug-likeness (QED) is 0.485. The number of carbonyl (C=O) groups excluding carboxylic acids is 1. The standard InChI is InChI=1S/C11H22O3/c1-3-4-7-10(12)8-5-6-9-11(13)14-2/h10,12H,3-9H2,1-2H3/t10-/m0/s1. The molecule has 1 N–H and O–H groups in total. The zero-order chi connectivity index (χ0) is 10.8. The third kappa shape index (κ3) is 8.05. The van der Waals surface area contributed by atoms with E-state index in [9.17, 15) is 9.90 Å². The second-order valence-corrected chi connectivity index (χ2v) is 3.62. The molecule has 0 unspecified atom stereocenters. The first-order valence-electron chi connectivity index (χ1n) is 5.45. The number of aliphatic hydroxyl groups excluding tert-OH is 1. The summed E-state index contributed by atoms with van der Waals surface area (Å²) in [5.41, 5.74) is 0. The highest BCUT2D eigenvalue weighted by Crippen LogP contribution is 2.09. The second-order valence-electron chi connectivity index (χ2n) is 3.62. The Labute approximate surface area is 86.5 Å². The Morgan fingerprint density at radius 2 is 1.93 bits per heavy atom. The fourth-order valence-corrected chi connectivity index (χ4v) is 1.34. The van der Waals surface area contributed by atoms with Gasteiger partial charge in [0.1, 0.15) is 0 Å². The Bertz CT molecular complexity index is 145. The minimum absolute atomic E-state index is 0.159. The van der Waals surface area contributed by atoms with Crippen LogP contribution in [-0.2, 0) is 9.53 Å². The smallest absolute Gasteiger partial charge is 0.305 e. The van der Waals surface area contributed by atoms with Gasteiger partial charge in [0, 0.05) is 6.42 Å². The molecule has 0 heterocycles. The largest absolute Gasteiger partial charge is 0.469 e. The van der Waals surface area contributed by atoms with Gasteiger partial charge in [-0.25, -0.2) is 0 Å². The number of hydrogen-bond donors (Lipinski definition) is 1. The van der Waals surface area contributed by atoms with E-state index in [1.165, 1.54) is 7.11 Å². The van der Waals surface area contributed by atoms with Crippen molar-refractivity contribution in [3.63, 3.8) is 0 Å². The summed E-state index contributed by atoms with van der Waals surface area (Å²) in [5, 5.41) is 9.49. The molecule has 0 bridgehead atoms. The maximum absolute atomic E-state index is 10.7. The highest BCUT2D eigenvalue weighted by Gasteiger charge is 2.04. The molecular weight excluding hydrogens is 180 g/mol. The number of aliphatic hydroxyl groups is 1. The normalized spacial score (nSPS) is 12.5. The Hall–Kier alpha value is -0.570. The number of esters is 1. The molecule has 0 radical (unpaired) electrons. The summed E-state index contributed by atoms with van der Waals surface area (Å²) >= 11 is 0. The van der Waals surface area contributed by atoms with Crippen LogP contribution < -0.4 is 0 Å². The molecule has 0 fully saturated rings. The predicted octanol–water partition coefficient (Wildman–Crippen LogP) is 2.27. The van der Waals surface area contributed by atoms with Crippen LogP contribution in [0.15, 0.2) is 0 Å². The third-order valence-corrected chi connectivity index (χ3v) is 2.29. The lowest BCUT2D eigenvalue weighted by Crippen LogP contribution is -2.06. The van der Waals surface area contributed by atoms with Crippen molar-refractivity contribution in [1.82, 2.24) is 0 Å². The third-order valence-electron chi connectivity index (χ3n) is 2.29. The molecule has 3 nitrogen and oxygen atoms in total. The average Bonchev–Trinajstić information content (AvgIpc) is 2.21. The van der Waals surface area contributed by atoms with Crippen LogP contribution in [-0.4, -0.2) is 24.3 Å². The highest BCUT2D eigenvalue weighted by atomic mass is 16.5. The first kappa shape index (κ1) is 13.4. The van der Waals surface area contributed by atoms with E-state index in [2.05, 4.69) is 11.7 Å². The van der Waals surface area contributed by atoms with Crippen molar-refractivity contribution in [1.29, 1.82) is 0 Å². The van der Waals surface area contributed by atoms with Crippen LogP contribution in [0.4, 0.5) is 0 Å². The Balaban J connectivity index is 3.22. The summed E-state index contributed by atoms with van der Waals surface area (Å²) < 4.78 is 4.52. The molecule has 0 saturated carbocycles. The van der Waals surface area contributed by atoms with E-state index >= 15 is 0 Å². The molecular formula is C11H22O3.